The Kier molecular flexibility index (Phi) is 2.76. The lowest BCUT2D eigenvalue weighted by molar-refractivity contribution is 0.578. The van der Waals surface area contributed by atoms with Crippen molar-refractivity contribution in [1.29, 1.82) is 0 Å². The lowest BCUT2D eigenvalue weighted by Gasteiger charge is -2.12. The predicted octanol–water partition coefficient (Wildman–Crippen LogP) is 3.64. The molecule has 1 aromatic heterocycles. The summed E-state index contributed by atoms with van der Waals surface area (Å²) in [5, 5.41) is 10.1. The third-order valence-electron chi connectivity index (χ3n) is 2.16. The summed E-state index contributed by atoms with van der Waals surface area (Å²) in [5.41, 5.74) is 0.921. The van der Waals surface area contributed by atoms with Gasteiger partial charge in [-0.25, -0.2) is 4.39 Å². The molecule has 2 nitrogen and oxygen atoms in total. The van der Waals surface area contributed by atoms with Gasteiger partial charge < -0.3 is 0 Å². The van der Waals surface area contributed by atoms with Crippen molar-refractivity contribution >= 4 is 11.3 Å². The van der Waals surface area contributed by atoms with Crippen LogP contribution in [0, 0.1) is 5.82 Å². The second-order valence-electron chi connectivity index (χ2n) is 4.67. The van der Waals surface area contributed by atoms with E-state index in [1.807, 2.05) is 0 Å². The molecule has 84 valence electrons. The molecule has 0 aliphatic heterocycles. The highest BCUT2D eigenvalue weighted by molar-refractivity contribution is 7.14. The summed E-state index contributed by atoms with van der Waals surface area (Å²) in [5.74, 6) is -0.232. The van der Waals surface area contributed by atoms with Crippen LogP contribution in [0.3, 0.4) is 0 Å². The van der Waals surface area contributed by atoms with Crippen LogP contribution in [0.15, 0.2) is 24.3 Å². The van der Waals surface area contributed by atoms with Crippen LogP contribution in [0.5, 0.6) is 0 Å². The molecule has 0 N–H and O–H groups in total. The van der Waals surface area contributed by atoms with E-state index in [1.165, 1.54) is 12.1 Å². The van der Waals surface area contributed by atoms with Gasteiger partial charge in [0.25, 0.3) is 0 Å². The average molecular weight is 236 g/mol. The molecule has 16 heavy (non-hydrogen) atoms. The molecule has 0 spiro atoms. The van der Waals surface area contributed by atoms with Crippen LogP contribution >= 0.6 is 11.3 Å². The van der Waals surface area contributed by atoms with Crippen LogP contribution in [0.1, 0.15) is 25.8 Å². The van der Waals surface area contributed by atoms with E-state index in [4.69, 9.17) is 0 Å². The minimum absolute atomic E-state index is 0.00987. The van der Waals surface area contributed by atoms with E-state index in [0.29, 0.717) is 0 Å². The Morgan fingerprint density at radius 3 is 2.19 bits per heavy atom. The summed E-state index contributed by atoms with van der Waals surface area (Å²) in [7, 11) is 0. The maximum absolute atomic E-state index is 12.8. The van der Waals surface area contributed by atoms with Crippen molar-refractivity contribution in [1.82, 2.24) is 10.2 Å². The molecular weight excluding hydrogens is 223 g/mol. The summed E-state index contributed by atoms with van der Waals surface area (Å²) in [6.45, 7) is 6.30. The lowest BCUT2D eigenvalue weighted by atomic mass is 9.98. The van der Waals surface area contributed by atoms with Crippen LogP contribution in [0.25, 0.3) is 10.6 Å². The van der Waals surface area contributed by atoms with E-state index in [2.05, 4.69) is 31.0 Å². The quantitative estimate of drug-likeness (QED) is 0.755. The number of benzene rings is 1. The van der Waals surface area contributed by atoms with Crippen molar-refractivity contribution < 1.29 is 4.39 Å². The van der Waals surface area contributed by atoms with Crippen molar-refractivity contribution in [3.63, 3.8) is 0 Å². The van der Waals surface area contributed by atoms with E-state index in [9.17, 15) is 4.39 Å². The van der Waals surface area contributed by atoms with Crippen LogP contribution in [0.4, 0.5) is 4.39 Å². The molecule has 2 aromatic rings. The Morgan fingerprint density at radius 1 is 1.06 bits per heavy atom. The Balaban J connectivity index is 2.35. The average Bonchev–Trinajstić information content (AvgIpc) is 2.67. The van der Waals surface area contributed by atoms with Crippen molar-refractivity contribution in [3.8, 4) is 10.6 Å². The number of halogens is 1. The van der Waals surface area contributed by atoms with Gasteiger partial charge in [0.05, 0.1) is 0 Å². The molecule has 0 saturated heterocycles. The molecule has 0 fully saturated rings. The van der Waals surface area contributed by atoms with Gasteiger partial charge in [-0.05, 0) is 24.3 Å². The van der Waals surface area contributed by atoms with Gasteiger partial charge in [-0.3, -0.25) is 0 Å². The molecule has 1 aromatic carbocycles. The minimum atomic E-state index is -0.232. The number of hydrogen-bond donors (Lipinski definition) is 0. The van der Waals surface area contributed by atoms with Crippen LogP contribution in [-0.4, -0.2) is 10.2 Å². The number of aromatic nitrogens is 2. The topological polar surface area (TPSA) is 25.8 Å². The SMILES string of the molecule is CC(C)(C)c1nnc(-c2ccc(F)cc2)s1. The molecule has 2 rings (SSSR count). The third kappa shape index (κ3) is 2.27. The summed E-state index contributed by atoms with van der Waals surface area (Å²) in [4.78, 5) is 0. The second kappa shape index (κ2) is 3.94. The highest BCUT2D eigenvalue weighted by atomic mass is 32.1. The highest BCUT2D eigenvalue weighted by Crippen LogP contribution is 2.30. The van der Waals surface area contributed by atoms with Gasteiger partial charge in [0, 0.05) is 11.0 Å². The number of hydrogen-bond acceptors (Lipinski definition) is 3. The first kappa shape index (κ1) is 11.2. The summed E-state index contributed by atoms with van der Waals surface area (Å²) in [6.07, 6.45) is 0. The zero-order valence-electron chi connectivity index (χ0n) is 9.49. The third-order valence-corrected chi connectivity index (χ3v) is 3.56. The second-order valence-corrected chi connectivity index (χ2v) is 5.65. The fourth-order valence-electron chi connectivity index (χ4n) is 1.24. The summed E-state index contributed by atoms with van der Waals surface area (Å²) in [6, 6.07) is 6.32. The van der Waals surface area contributed by atoms with Gasteiger partial charge in [0.15, 0.2) is 0 Å². The number of nitrogens with zero attached hydrogens (tertiary/aromatic N) is 2. The minimum Gasteiger partial charge on any atom is -0.207 e. The molecule has 0 bridgehead atoms. The summed E-state index contributed by atoms with van der Waals surface area (Å²) < 4.78 is 12.8. The molecule has 0 radical (unpaired) electrons. The predicted molar refractivity (Wildman–Crippen MR) is 64.0 cm³/mol. The Hall–Kier alpha value is -1.29. The Labute approximate surface area is 98.2 Å². The maximum Gasteiger partial charge on any atom is 0.147 e. The van der Waals surface area contributed by atoms with Crippen molar-refractivity contribution in [2.45, 2.75) is 26.2 Å². The Morgan fingerprint density at radius 2 is 1.69 bits per heavy atom. The standard InChI is InChI=1S/C12H13FN2S/c1-12(2,3)11-15-14-10(16-11)8-4-6-9(13)7-5-8/h4-7H,1-3H3. The van der Waals surface area contributed by atoms with Gasteiger partial charge in [0.1, 0.15) is 15.8 Å². The van der Waals surface area contributed by atoms with E-state index < -0.39 is 0 Å². The van der Waals surface area contributed by atoms with Gasteiger partial charge in [-0.15, -0.1) is 10.2 Å². The largest absolute Gasteiger partial charge is 0.207 e. The van der Waals surface area contributed by atoms with Crippen molar-refractivity contribution in [2.75, 3.05) is 0 Å². The molecule has 4 heteroatoms. The van der Waals surface area contributed by atoms with Gasteiger partial charge in [0.2, 0.25) is 0 Å². The monoisotopic (exact) mass is 236 g/mol. The molecule has 1 heterocycles. The van der Waals surface area contributed by atoms with Crippen LogP contribution < -0.4 is 0 Å². The lowest BCUT2D eigenvalue weighted by Crippen LogP contribution is -2.10. The smallest absolute Gasteiger partial charge is 0.147 e. The molecule has 0 unspecified atom stereocenters. The van der Waals surface area contributed by atoms with Crippen LogP contribution in [-0.2, 0) is 5.41 Å². The highest BCUT2D eigenvalue weighted by Gasteiger charge is 2.19. The molecule has 0 aliphatic rings. The van der Waals surface area contributed by atoms with E-state index >= 15 is 0 Å². The van der Waals surface area contributed by atoms with Crippen molar-refractivity contribution in [3.05, 3.63) is 35.1 Å². The van der Waals surface area contributed by atoms with Crippen molar-refractivity contribution in [2.24, 2.45) is 0 Å². The number of rotatable bonds is 1. The first-order chi connectivity index (χ1) is 7.47. The zero-order valence-corrected chi connectivity index (χ0v) is 10.3. The normalized spacial score (nSPS) is 11.8. The maximum atomic E-state index is 12.8. The fourth-order valence-corrected chi connectivity index (χ4v) is 2.14. The van der Waals surface area contributed by atoms with Gasteiger partial charge in [-0.2, -0.15) is 0 Å². The van der Waals surface area contributed by atoms with Gasteiger partial charge >= 0.3 is 0 Å². The fraction of sp³-hybridized carbons (Fsp3) is 0.333. The molecule has 0 saturated carbocycles. The molecule has 0 aliphatic carbocycles. The van der Waals surface area contributed by atoms with Crippen LogP contribution in [0.2, 0.25) is 0 Å². The first-order valence-electron chi connectivity index (χ1n) is 5.07. The molecular formula is C12H13FN2S. The molecule has 0 amide bonds. The zero-order chi connectivity index (χ0) is 11.8. The Bertz CT molecular complexity index is 482. The molecule has 0 atom stereocenters. The summed E-state index contributed by atoms with van der Waals surface area (Å²) >= 11 is 1.55. The van der Waals surface area contributed by atoms with Gasteiger partial charge in [-0.1, -0.05) is 32.1 Å². The van der Waals surface area contributed by atoms with E-state index in [1.54, 1.807) is 23.5 Å². The van der Waals surface area contributed by atoms with E-state index in [0.717, 1.165) is 15.6 Å². The first-order valence-corrected chi connectivity index (χ1v) is 5.88. The van der Waals surface area contributed by atoms with E-state index in [-0.39, 0.29) is 11.2 Å².